The Bertz CT molecular complexity index is 817. The van der Waals surface area contributed by atoms with E-state index >= 15 is 0 Å². The molecule has 0 radical (unpaired) electrons. The van der Waals surface area contributed by atoms with Crippen LogP contribution in [0.1, 0.15) is 16.7 Å². The smallest absolute Gasteiger partial charge is 0.160 e. The quantitative estimate of drug-likeness (QED) is 0.507. The Morgan fingerprint density at radius 1 is 0.696 bits per heavy atom. The summed E-state index contributed by atoms with van der Waals surface area (Å²) in [4.78, 5) is 0. The third kappa shape index (κ3) is 3.57. The summed E-state index contributed by atoms with van der Waals surface area (Å²) < 4.78 is 11.1. The molecule has 114 valence electrons. The van der Waals surface area contributed by atoms with Crippen LogP contribution in [-0.2, 0) is 10.7 Å². The summed E-state index contributed by atoms with van der Waals surface area (Å²) in [5, 5.41) is 0. The molecule has 0 aromatic heterocycles. The lowest BCUT2D eigenvalue weighted by molar-refractivity contribution is 0.598. The van der Waals surface area contributed by atoms with Gasteiger partial charge >= 0.3 is 0 Å². The fraction of sp³-hybridized carbons (Fsp3) is 0.143. The van der Waals surface area contributed by atoms with Crippen molar-refractivity contribution in [3.05, 3.63) is 83.4 Å². The zero-order valence-electron chi connectivity index (χ0n) is 13.4. The Kier molecular flexibility index (Phi) is 4.69. The fourth-order valence-electron chi connectivity index (χ4n) is 2.71. The fourth-order valence-corrected chi connectivity index (χ4v) is 3.13. The van der Waals surface area contributed by atoms with Gasteiger partial charge in [-0.25, -0.2) is 0 Å². The molecule has 23 heavy (non-hydrogen) atoms. The van der Waals surface area contributed by atoms with E-state index in [2.05, 4.69) is 80.6 Å². The molecular formula is C21H19OP. The van der Waals surface area contributed by atoms with E-state index in [-0.39, 0.29) is 8.46 Å². The van der Waals surface area contributed by atoms with Gasteiger partial charge < -0.3 is 0 Å². The van der Waals surface area contributed by atoms with Crippen LogP contribution in [0.3, 0.4) is 0 Å². The Morgan fingerprint density at radius 3 is 1.78 bits per heavy atom. The third-order valence-corrected chi connectivity index (χ3v) is 4.56. The predicted molar refractivity (Wildman–Crippen MR) is 98.1 cm³/mol. The maximum Gasteiger partial charge on any atom is 0.160 e. The summed E-state index contributed by atoms with van der Waals surface area (Å²) in [6, 6.07) is 23.5. The van der Waals surface area contributed by atoms with Crippen molar-refractivity contribution in [3.63, 3.8) is 0 Å². The number of hydrogen-bond acceptors (Lipinski definition) is 1. The van der Waals surface area contributed by atoms with Crippen LogP contribution < -0.4 is 0 Å². The molecule has 3 rings (SSSR count). The van der Waals surface area contributed by atoms with E-state index in [9.17, 15) is 4.57 Å². The lowest BCUT2D eigenvalue weighted by Gasteiger charge is -2.11. The largest absolute Gasteiger partial charge is 0.275 e. The van der Waals surface area contributed by atoms with Crippen LogP contribution in [0.15, 0.2) is 66.7 Å². The van der Waals surface area contributed by atoms with Crippen LogP contribution in [0.5, 0.6) is 0 Å². The molecule has 0 fully saturated rings. The molecule has 0 amide bonds. The van der Waals surface area contributed by atoms with Crippen LogP contribution in [0, 0.1) is 13.8 Å². The van der Waals surface area contributed by atoms with Crippen molar-refractivity contribution in [1.29, 1.82) is 0 Å². The Labute approximate surface area is 139 Å². The average molecular weight is 318 g/mol. The van der Waals surface area contributed by atoms with Gasteiger partial charge in [0, 0.05) is 0 Å². The van der Waals surface area contributed by atoms with Crippen LogP contribution >= 0.6 is 8.46 Å². The zero-order chi connectivity index (χ0) is 16.2. The minimum atomic E-state index is 0.153. The van der Waals surface area contributed by atoms with Gasteiger partial charge in [0.05, 0.1) is 6.16 Å². The van der Waals surface area contributed by atoms with Gasteiger partial charge in [0.2, 0.25) is 0 Å². The monoisotopic (exact) mass is 318 g/mol. The highest BCUT2D eigenvalue weighted by Gasteiger charge is 2.08. The van der Waals surface area contributed by atoms with Gasteiger partial charge in [0.25, 0.3) is 0 Å². The molecule has 0 saturated heterocycles. The van der Waals surface area contributed by atoms with E-state index < -0.39 is 0 Å². The minimum absolute atomic E-state index is 0.153. The van der Waals surface area contributed by atoms with Crippen molar-refractivity contribution in [1.82, 2.24) is 0 Å². The van der Waals surface area contributed by atoms with Gasteiger partial charge in [-0.05, 0) is 47.7 Å². The molecule has 0 spiro atoms. The van der Waals surface area contributed by atoms with E-state index in [4.69, 9.17) is 0 Å². The second kappa shape index (κ2) is 6.89. The first-order chi connectivity index (χ1) is 11.2. The van der Waals surface area contributed by atoms with Gasteiger partial charge in [-0.15, -0.1) is 0 Å². The number of aryl methyl sites for hydroxylation is 2. The molecule has 0 atom stereocenters. The molecule has 0 unspecified atom stereocenters. The van der Waals surface area contributed by atoms with Gasteiger partial charge in [0.15, 0.2) is 8.46 Å². The second-order valence-corrected chi connectivity index (χ2v) is 6.47. The van der Waals surface area contributed by atoms with Gasteiger partial charge in [-0.3, -0.25) is 4.57 Å². The van der Waals surface area contributed by atoms with Crippen molar-refractivity contribution < 1.29 is 4.57 Å². The Hall–Kier alpha value is -2.24. The van der Waals surface area contributed by atoms with E-state index in [1.165, 1.54) is 27.8 Å². The van der Waals surface area contributed by atoms with Crippen molar-refractivity contribution in [3.8, 4) is 22.3 Å². The predicted octanol–water partition coefficient (Wildman–Crippen LogP) is 6.43. The summed E-state index contributed by atoms with van der Waals surface area (Å²) in [6.07, 6.45) is 0.539. The molecule has 0 aliphatic heterocycles. The molecule has 1 nitrogen and oxygen atoms in total. The average Bonchev–Trinajstić information content (AvgIpc) is 2.57. The molecule has 0 bridgehead atoms. The van der Waals surface area contributed by atoms with Crippen LogP contribution in [0.25, 0.3) is 22.3 Å². The first-order valence-electron chi connectivity index (χ1n) is 7.73. The first kappa shape index (κ1) is 15.6. The van der Waals surface area contributed by atoms with Crippen LogP contribution in [-0.4, -0.2) is 0 Å². The number of benzene rings is 3. The van der Waals surface area contributed by atoms with Crippen molar-refractivity contribution >= 4 is 8.46 Å². The lowest BCUT2D eigenvalue weighted by atomic mass is 9.94. The maximum absolute atomic E-state index is 11.1. The minimum Gasteiger partial charge on any atom is -0.275 e. The molecule has 2 heteroatoms. The lowest BCUT2D eigenvalue weighted by Crippen LogP contribution is -1.89. The Balaban J connectivity index is 2.11. The molecule has 0 heterocycles. The third-order valence-electron chi connectivity index (χ3n) is 4.09. The second-order valence-electron chi connectivity index (χ2n) is 5.89. The zero-order valence-corrected chi connectivity index (χ0v) is 14.3. The number of hydrogen-bond donors (Lipinski definition) is 0. The van der Waals surface area contributed by atoms with Crippen molar-refractivity contribution in [2.45, 2.75) is 20.0 Å². The standard InChI is InChI=1S/C21H19OP/c1-15-3-7-17(8-4-15)19-11-12-20(14-23-22)21(13-19)18-9-5-16(2)6-10-18/h3-13H,14H2,1-2H3. The highest BCUT2D eigenvalue weighted by Crippen LogP contribution is 2.31. The first-order valence-corrected chi connectivity index (χ1v) is 8.73. The molecule has 3 aromatic rings. The van der Waals surface area contributed by atoms with Gasteiger partial charge in [-0.2, -0.15) is 0 Å². The molecule has 0 saturated carbocycles. The highest BCUT2D eigenvalue weighted by molar-refractivity contribution is 7.22. The van der Waals surface area contributed by atoms with Gasteiger partial charge in [0.1, 0.15) is 0 Å². The topological polar surface area (TPSA) is 17.1 Å². The highest BCUT2D eigenvalue weighted by atomic mass is 31.1. The maximum atomic E-state index is 11.1. The summed E-state index contributed by atoms with van der Waals surface area (Å²) >= 11 is 0. The SMILES string of the molecule is Cc1ccc(-c2ccc(CP=O)c(-c3ccc(C)cc3)c2)cc1. The summed E-state index contributed by atoms with van der Waals surface area (Å²) in [5.41, 5.74) is 8.33. The van der Waals surface area contributed by atoms with E-state index in [0.717, 1.165) is 11.1 Å². The van der Waals surface area contributed by atoms with Crippen molar-refractivity contribution in [2.75, 3.05) is 0 Å². The summed E-state index contributed by atoms with van der Waals surface area (Å²) in [5.74, 6) is 0. The van der Waals surface area contributed by atoms with E-state index in [0.29, 0.717) is 6.16 Å². The van der Waals surface area contributed by atoms with Crippen molar-refractivity contribution in [2.24, 2.45) is 0 Å². The van der Waals surface area contributed by atoms with E-state index in [1.54, 1.807) is 0 Å². The van der Waals surface area contributed by atoms with E-state index in [1.807, 2.05) is 0 Å². The number of rotatable bonds is 4. The summed E-state index contributed by atoms with van der Waals surface area (Å²) in [6.45, 7) is 4.18. The summed E-state index contributed by atoms with van der Waals surface area (Å²) in [7, 11) is 0.153. The molecular weight excluding hydrogens is 299 g/mol. The van der Waals surface area contributed by atoms with Crippen LogP contribution in [0.4, 0.5) is 0 Å². The molecule has 0 N–H and O–H groups in total. The molecule has 0 aliphatic rings. The molecule has 3 aromatic carbocycles. The van der Waals surface area contributed by atoms with Gasteiger partial charge in [-0.1, -0.05) is 71.8 Å². The normalized spacial score (nSPS) is 10.9. The Morgan fingerprint density at radius 2 is 1.22 bits per heavy atom. The molecule has 0 aliphatic carbocycles. The van der Waals surface area contributed by atoms with Crippen LogP contribution in [0.2, 0.25) is 0 Å².